The van der Waals surface area contributed by atoms with Crippen LogP contribution < -0.4 is 5.73 Å². The average molecular weight is 189 g/mol. The first kappa shape index (κ1) is 11.0. The van der Waals surface area contributed by atoms with Gasteiger partial charge in [0.1, 0.15) is 0 Å². The van der Waals surface area contributed by atoms with Crippen molar-refractivity contribution in [2.24, 2.45) is 5.73 Å². The molecule has 0 fully saturated rings. The number of hydrogen-bond donors (Lipinski definition) is 1. The van der Waals surface area contributed by atoms with Crippen molar-refractivity contribution in [1.82, 2.24) is 0 Å². The molecule has 76 valence electrons. The summed E-state index contributed by atoms with van der Waals surface area (Å²) in [6, 6.07) is 6.51. The Morgan fingerprint density at radius 2 is 2.07 bits per heavy atom. The largest absolute Gasteiger partial charge is 0.327 e. The lowest BCUT2D eigenvalue weighted by Crippen LogP contribution is -2.01. The Balaban J connectivity index is 3.02. The van der Waals surface area contributed by atoms with Crippen LogP contribution in [-0.4, -0.2) is 6.54 Å². The first-order chi connectivity index (χ1) is 6.67. The summed E-state index contributed by atoms with van der Waals surface area (Å²) in [6.45, 7) is 7.05. The van der Waals surface area contributed by atoms with Gasteiger partial charge < -0.3 is 5.73 Å². The maximum atomic E-state index is 5.64. The van der Waals surface area contributed by atoms with E-state index in [1.54, 1.807) is 0 Å². The Kier molecular flexibility index (Phi) is 3.90. The predicted octanol–water partition coefficient (Wildman–Crippen LogP) is 3.06. The smallest absolute Gasteiger partial charge is 0.0140 e. The molecule has 0 saturated carbocycles. The highest BCUT2D eigenvalue weighted by atomic mass is 14.5. The van der Waals surface area contributed by atoms with Crippen LogP contribution in [0.2, 0.25) is 0 Å². The van der Waals surface area contributed by atoms with Gasteiger partial charge in [-0.25, -0.2) is 0 Å². The third kappa shape index (κ3) is 2.71. The highest BCUT2D eigenvalue weighted by molar-refractivity contribution is 5.57. The fourth-order valence-corrected chi connectivity index (χ4v) is 1.51. The summed E-state index contributed by atoms with van der Waals surface area (Å²) in [5.41, 5.74) is 10.9. The van der Waals surface area contributed by atoms with Gasteiger partial charge in [0.2, 0.25) is 0 Å². The van der Waals surface area contributed by atoms with Crippen LogP contribution in [0.5, 0.6) is 0 Å². The van der Waals surface area contributed by atoms with Crippen LogP contribution in [0, 0.1) is 13.8 Å². The monoisotopic (exact) mass is 189 g/mol. The lowest BCUT2D eigenvalue weighted by Gasteiger charge is -2.05. The van der Waals surface area contributed by atoms with E-state index in [2.05, 4.69) is 45.0 Å². The minimum atomic E-state index is 0.657. The Hall–Kier alpha value is -1.08. The minimum Gasteiger partial charge on any atom is -0.327 e. The molecule has 1 nitrogen and oxygen atoms in total. The van der Waals surface area contributed by atoms with E-state index in [1.807, 2.05) is 0 Å². The summed E-state index contributed by atoms with van der Waals surface area (Å²) in [7, 11) is 0. The summed E-state index contributed by atoms with van der Waals surface area (Å²) in [4.78, 5) is 0. The first-order valence-corrected chi connectivity index (χ1v) is 5.14. The van der Waals surface area contributed by atoms with Crippen molar-refractivity contribution in [3.05, 3.63) is 40.5 Å². The van der Waals surface area contributed by atoms with Crippen molar-refractivity contribution in [3.63, 3.8) is 0 Å². The minimum absolute atomic E-state index is 0.657. The maximum Gasteiger partial charge on any atom is 0.0140 e. The van der Waals surface area contributed by atoms with Gasteiger partial charge in [-0.3, -0.25) is 0 Å². The molecule has 0 aliphatic heterocycles. The van der Waals surface area contributed by atoms with E-state index >= 15 is 0 Å². The number of aryl methyl sites for hydroxylation is 2. The molecule has 0 aliphatic carbocycles. The molecular weight excluding hydrogens is 170 g/mol. The number of rotatable bonds is 3. The average Bonchev–Trinajstić information content (AvgIpc) is 2.17. The van der Waals surface area contributed by atoms with Crippen molar-refractivity contribution in [3.8, 4) is 0 Å². The molecule has 0 aliphatic rings. The third-order valence-electron chi connectivity index (χ3n) is 2.50. The summed E-state index contributed by atoms with van der Waals surface area (Å²) >= 11 is 0. The molecule has 1 rings (SSSR count). The Morgan fingerprint density at radius 1 is 1.36 bits per heavy atom. The highest BCUT2D eigenvalue weighted by Crippen LogP contribution is 2.15. The fraction of sp³-hybridized carbons (Fsp3) is 0.385. The standard InChI is InChI=1S/C13H19N/c1-4-12(9-14)8-13-6-5-10(2)7-11(13)3/h5-8H,4,9,14H2,1-3H3/b12-8-. The molecule has 0 atom stereocenters. The second-order valence-electron chi connectivity index (χ2n) is 3.72. The van der Waals surface area contributed by atoms with Gasteiger partial charge >= 0.3 is 0 Å². The van der Waals surface area contributed by atoms with Crippen LogP contribution in [0.3, 0.4) is 0 Å². The van der Waals surface area contributed by atoms with Gasteiger partial charge in [-0.1, -0.05) is 42.3 Å². The van der Waals surface area contributed by atoms with Crippen LogP contribution in [0.25, 0.3) is 6.08 Å². The molecule has 0 saturated heterocycles. The van der Waals surface area contributed by atoms with Gasteiger partial charge in [0, 0.05) is 6.54 Å². The fourth-order valence-electron chi connectivity index (χ4n) is 1.51. The van der Waals surface area contributed by atoms with E-state index < -0.39 is 0 Å². The van der Waals surface area contributed by atoms with E-state index in [-0.39, 0.29) is 0 Å². The predicted molar refractivity (Wildman–Crippen MR) is 63.2 cm³/mol. The summed E-state index contributed by atoms with van der Waals surface area (Å²) < 4.78 is 0. The Morgan fingerprint density at radius 3 is 2.57 bits per heavy atom. The van der Waals surface area contributed by atoms with Crippen LogP contribution >= 0.6 is 0 Å². The van der Waals surface area contributed by atoms with E-state index in [4.69, 9.17) is 5.73 Å². The maximum absolute atomic E-state index is 5.64. The van der Waals surface area contributed by atoms with E-state index in [0.29, 0.717) is 6.54 Å². The van der Waals surface area contributed by atoms with Gasteiger partial charge in [0.15, 0.2) is 0 Å². The molecule has 0 bridgehead atoms. The van der Waals surface area contributed by atoms with Gasteiger partial charge in [0.25, 0.3) is 0 Å². The van der Waals surface area contributed by atoms with Crippen molar-refractivity contribution < 1.29 is 0 Å². The van der Waals surface area contributed by atoms with Crippen molar-refractivity contribution in [2.75, 3.05) is 6.54 Å². The molecule has 0 radical (unpaired) electrons. The van der Waals surface area contributed by atoms with Gasteiger partial charge in [-0.2, -0.15) is 0 Å². The van der Waals surface area contributed by atoms with Crippen LogP contribution in [0.15, 0.2) is 23.8 Å². The lowest BCUT2D eigenvalue weighted by atomic mass is 10.0. The molecule has 1 aromatic rings. The Bertz CT molecular complexity index is 331. The number of hydrogen-bond acceptors (Lipinski definition) is 1. The zero-order valence-electron chi connectivity index (χ0n) is 9.30. The lowest BCUT2D eigenvalue weighted by molar-refractivity contribution is 1.02. The second-order valence-corrected chi connectivity index (χ2v) is 3.72. The summed E-state index contributed by atoms with van der Waals surface area (Å²) in [5.74, 6) is 0. The first-order valence-electron chi connectivity index (χ1n) is 5.14. The highest BCUT2D eigenvalue weighted by Gasteiger charge is 1.97. The third-order valence-corrected chi connectivity index (χ3v) is 2.50. The van der Waals surface area contributed by atoms with Crippen LogP contribution in [0.1, 0.15) is 30.0 Å². The second kappa shape index (κ2) is 4.97. The molecule has 2 N–H and O–H groups in total. The molecule has 0 aromatic heterocycles. The SMILES string of the molecule is CC/C(=C/c1ccc(C)cc1C)CN. The van der Waals surface area contributed by atoms with E-state index in [9.17, 15) is 0 Å². The zero-order valence-corrected chi connectivity index (χ0v) is 9.30. The van der Waals surface area contributed by atoms with Crippen molar-refractivity contribution >= 4 is 6.08 Å². The molecule has 0 heterocycles. The number of nitrogens with two attached hydrogens (primary N) is 1. The molecule has 0 amide bonds. The van der Waals surface area contributed by atoms with Crippen molar-refractivity contribution in [1.29, 1.82) is 0 Å². The van der Waals surface area contributed by atoms with Gasteiger partial charge in [0.05, 0.1) is 0 Å². The Labute approximate surface area is 86.6 Å². The van der Waals surface area contributed by atoms with Crippen LogP contribution in [0.4, 0.5) is 0 Å². The van der Waals surface area contributed by atoms with E-state index in [1.165, 1.54) is 22.3 Å². The van der Waals surface area contributed by atoms with E-state index in [0.717, 1.165) is 6.42 Å². The zero-order chi connectivity index (χ0) is 10.6. The van der Waals surface area contributed by atoms with Crippen LogP contribution in [-0.2, 0) is 0 Å². The van der Waals surface area contributed by atoms with Gasteiger partial charge in [-0.15, -0.1) is 0 Å². The molecule has 14 heavy (non-hydrogen) atoms. The molecule has 0 unspecified atom stereocenters. The van der Waals surface area contributed by atoms with Crippen molar-refractivity contribution in [2.45, 2.75) is 27.2 Å². The quantitative estimate of drug-likeness (QED) is 0.777. The summed E-state index contributed by atoms with van der Waals surface area (Å²) in [5, 5.41) is 0. The number of benzene rings is 1. The molecular formula is C13H19N. The molecule has 0 spiro atoms. The normalized spacial score (nSPS) is 11.9. The van der Waals surface area contributed by atoms with Gasteiger partial charge in [-0.05, 0) is 31.4 Å². The molecule has 1 aromatic carbocycles. The summed E-state index contributed by atoms with van der Waals surface area (Å²) in [6.07, 6.45) is 3.23. The topological polar surface area (TPSA) is 26.0 Å². The molecule has 1 heteroatoms.